The van der Waals surface area contributed by atoms with Crippen molar-refractivity contribution in [2.75, 3.05) is 5.75 Å². The zero-order chi connectivity index (χ0) is 30.1. The monoisotopic (exact) mass is 644 g/mol. The number of rotatable bonds is 7. The first-order valence-electron chi connectivity index (χ1n) is 12.4. The van der Waals surface area contributed by atoms with Gasteiger partial charge in [-0.2, -0.15) is 21.6 Å². The number of hydrogen-bond acceptors (Lipinski definition) is 6. The summed E-state index contributed by atoms with van der Waals surface area (Å²) in [5.41, 5.74) is -1.51. The summed E-state index contributed by atoms with van der Waals surface area (Å²) in [6, 6.07) is 18.3. The fourth-order valence-electron chi connectivity index (χ4n) is 4.37. The first kappa shape index (κ1) is 32.9. The van der Waals surface area contributed by atoms with Crippen LogP contribution in [0.2, 0.25) is 0 Å². The number of pyridine rings is 1. The SMILES string of the molecule is O=C(CCSC1c2ccccc2COc2ccc(/C=C/c3ccc4cc(F)c(F)cc4n3)cc21)NS(=O)(=O)C(F)(F)F.[NaH]. The van der Waals surface area contributed by atoms with Gasteiger partial charge in [0.05, 0.1) is 16.5 Å². The second-order valence-corrected chi connectivity index (χ2v) is 12.2. The van der Waals surface area contributed by atoms with E-state index in [2.05, 4.69) is 4.98 Å². The average Bonchev–Trinajstić information content (AvgIpc) is 3.08. The number of amides is 1. The molecule has 2 heterocycles. The number of benzene rings is 3. The van der Waals surface area contributed by atoms with Crippen LogP contribution in [0.1, 0.15) is 39.6 Å². The van der Waals surface area contributed by atoms with Crippen LogP contribution in [-0.2, 0) is 21.4 Å². The molecule has 1 aliphatic heterocycles. The molecule has 220 valence electrons. The molecule has 1 N–H and O–H groups in total. The average molecular weight is 645 g/mol. The predicted molar refractivity (Wildman–Crippen MR) is 157 cm³/mol. The number of sulfonamides is 1. The molecule has 43 heavy (non-hydrogen) atoms. The van der Waals surface area contributed by atoms with E-state index in [9.17, 15) is 35.2 Å². The molecule has 1 aliphatic rings. The maximum absolute atomic E-state index is 13.7. The number of aromatic nitrogens is 1. The Morgan fingerprint density at radius 2 is 1.74 bits per heavy atom. The quantitative estimate of drug-likeness (QED) is 0.193. The molecule has 4 aromatic rings. The third kappa shape index (κ3) is 7.58. The Labute approximate surface area is 270 Å². The van der Waals surface area contributed by atoms with Crippen molar-refractivity contribution >= 4 is 80.3 Å². The van der Waals surface area contributed by atoms with E-state index in [-0.39, 0.29) is 47.2 Å². The van der Waals surface area contributed by atoms with Gasteiger partial charge in [-0.1, -0.05) is 42.5 Å². The van der Waals surface area contributed by atoms with Gasteiger partial charge in [-0.3, -0.25) is 4.79 Å². The summed E-state index contributed by atoms with van der Waals surface area (Å²) >= 11 is 1.27. The van der Waals surface area contributed by atoms with Gasteiger partial charge in [-0.05, 0) is 47.0 Å². The van der Waals surface area contributed by atoms with E-state index in [1.54, 1.807) is 30.4 Å². The Morgan fingerprint density at radius 3 is 2.51 bits per heavy atom. The van der Waals surface area contributed by atoms with Crippen molar-refractivity contribution in [3.05, 3.63) is 106 Å². The summed E-state index contributed by atoms with van der Waals surface area (Å²) in [7, 11) is -5.78. The summed E-state index contributed by atoms with van der Waals surface area (Å²) in [5.74, 6) is -2.62. The summed E-state index contributed by atoms with van der Waals surface area (Å²) < 4.78 is 94.7. The minimum atomic E-state index is -5.78. The molecule has 0 saturated heterocycles. The number of hydrogen-bond donors (Lipinski definition) is 1. The van der Waals surface area contributed by atoms with Gasteiger partial charge in [-0.25, -0.2) is 18.5 Å². The number of carbonyl (C=O) groups excluding carboxylic acids is 1. The van der Waals surface area contributed by atoms with E-state index < -0.39 is 39.5 Å². The van der Waals surface area contributed by atoms with Crippen LogP contribution in [0.5, 0.6) is 5.75 Å². The molecule has 1 unspecified atom stereocenters. The predicted octanol–water partition coefficient (Wildman–Crippen LogP) is 6.11. The molecule has 0 saturated carbocycles. The zero-order valence-corrected chi connectivity index (χ0v) is 23.1. The second-order valence-electron chi connectivity index (χ2n) is 9.29. The number of nitrogens with zero attached hydrogens (tertiary/aromatic N) is 1. The van der Waals surface area contributed by atoms with E-state index >= 15 is 0 Å². The van der Waals surface area contributed by atoms with E-state index in [0.29, 0.717) is 22.3 Å². The van der Waals surface area contributed by atoms with Gasteiger partial charge < -0.3 is 4.74 Å². The molecule has 0 spiro atoms. The molecule has 0 aliphatic carbocycles. The summed E-state index contributed by atoms with van der Waals surface area (Å²) in [5, 5.41) is 0.0761. The third-order valence-corrected chi connectivity index (χ3v) is 8.79. The van der Waals surface area contributed by atoms with Gasteiger partial charge in [0.1, 0.15) is 12.4 Å². The van der Waals surface area contributed by atoms with Crippen molar-refractivity contribution in [2.45, 2.75) is 23.8 Å². The maximum atomic E-state index is 13.7. The standard InChI is InChI=1S/C29H21F5N2O4S2.Na.H/c30-23-14-18-7-9-20(35-25(18)15-24(23)31)8-5-17-6-10-26-22(13-17)28(21-4-2-1-3-19(21)16-40-26)41-12-11-27(37)36-42(38,39)29(32,33)34;;/h1-10,13-15,28H,11-12,16H2,(H,36,37);;/b8-5+;;. The van der Waals surface area contributed by atoms with Gasteiger partial charge in [0.25, 0.3) is 0 Å². The molecule has 0 fully saturated rings. The third-order valence-electron chi connectivity index (χ3n) is 6.40. The molecule has 6 nitrogen and oxygen atoms in total. The van der Waals surface area contributed by atoms with E-state index in [1.165, 1.54) is 11.8 Å². The van der Waals surface area contributed by atoms with Crippen LogP contribution in [0.25, 0.3) is 23.1 Å². The normalized spacial score (nSPS) is 14.8. The van der Waals surface area contributed by atoms with E-state index in [0.717, 1.165) is 39.1 Å². The van der Waals surface area contributed by atoms with Crippen LogP contribution in [0.15, 0.2) is 66.7 Å². The van der Waals surface area contributed by atoms with Crippen molar-refractivity contribution < 1.29 is 39.9 Å². The van der Waals surface area contributed by atoms with Crippen molar-refractivity contribution in [1.29, 1.82) is 0 Å². The Hall–Kier alpha value is -2.97. The number of nitrogens with one attached hydrogen (secondary N) is 1. The number of fused-ring (bicyclic) bond motifs is 3. The van der Waals surface area contributed by atoms with Gasteiger partial charge in [0, 0.05) is 29.2 Å². The number of ether oxygens (including phenoxy) is 1. The molecule has 0 bridgehead atoms. The molecule has 1 aromatic heterocycles. The van der Waals surface area contributed by atoms with Crippen molar-refractivity contribution in [3.63, 3.8) is 0 Å². The molecular weight excluding hydrogens is 622 g/mol. The molecule has 0 radical (unpaired) electrons. The molecule has 1 atom stereocenters. The molecule has 3 aromatic carbocycles. The van der Waals surface area contributed by atoms with Crippen LogP contribution in [-0.4, -0.2) is 60.1 Å². The summed E-state index contributed by atoms with van der Waals surface area (Å²) in [4.78, 5) is 16.4. The first-order valence-corrected chi connectivity index (χ1v) is 15.0. The number of thioether (sulfide) groups is 1. The van der Waals surface area contributed by atoms with Crippen LogP contribution in [0.3, 0.4) is 0 Å². The van der Waals surface area contributed by atoms with Crippen molar-refractivity contribution in [2.24, 2.45) is 0 Å². The summed E-state index contributed by atoms with van der Waals surface area (Å²) in [6.45, 7) is 0.276. The van der Waals surface area contributed by atoms with E-state index in [1.807, 2.05) is 36.4 Å². The number of alkyl halides is 3. The zero-order valence-electron chi connectivity index (χ0n) is 21.5. The second kappa shape index (κ2) is 13.3. The van der Waals surface area contributed by atoms with E-state index in [4.69, 9.17) is 4.74 Å². The fourth-order valence-corrected chi connectivity index (χ4v) is 6.20. The number of carbonyl (C=O) groups is 1. The Morgan fingerprint density at radius 1 is 1.00 bits per heavy atom. The Kier molecular flexibility index (Phi) is 10.2. The van der Waals surface area contributed by atoms with Gasteiger partial charge in [0.15, 0.2) is 11.6 Å². The molecule has 14 heteroatoms. The van der Waals surface area contributed by atoms with Gasteiger partial charge in [-0.15, -0.1) is 11.8 Å². The molecule has 5 rings (SSSR count). The van der Waals surface area contributed by atoms with Gasteiger partial charge in [0.2, 0.25) is 5.91 Å². The fraction of sp³-hybridized carbons (Fsp3) is 0.172. The molecular formula is C29H22F5N2NaO4S2. The Balaban J connectivity index is 0.00000423. The Bertz CT molecular complexity index is 1820. The van der Waals surface area contributed by atoms with Crippen LogP contribution in [0.4, 0.5) is 22.0 Å². The minimum absolute atomic E-state index is 0. The first-order chi connectivity index (χ1) is 19.9. The topological polar surface area (TPSA) is 85.4 Å². The van der Waals surface area contributed by atoms with Crippen LogP contribution >= 0.6 is 11.8 Å². The number of halogens is 5. The van der Waals surface area contributed by atoms with Crippen LogP contribution < -0.4 is 9.46 Å². The molecule has 1 amide bonds. The summed E-state index contributed by atoms with van der Waals surface area (Å²) in [6.07, 6.45) is 3.02. The van der Waals surface area contributed by atoms with Gasteiger partial charge >= 0.3 is 45.1 Å². The van der Waals surface area contributed by atoms with Crippen LogP contribution in [0, 0.1) is 11.6 Å². The van der Waals surface area contributed by atoms with Crippen molar-refractivity contribution in [3.8, 4) is 5.75 Å². The van der Waals surface area contributed by atoms with Crippen molar-refractivity contribution in [1.82, 2.24) is 9.71 Å².